The minimum Gasteiger partial charge on any atom is -0.481 e. The van der Waals surface area contributed by atoms with E-state index in [4.69, 9.17) is 14.6 Å². The number of unbranched alkanes of at least 4 members (excludes halogenated alkanes) is 9. The molecule has 0 aromatic heterocycles. The lowest BCUT2D eigenvalue weighted by Gasteiger charge is -2.27. The van der Waals surface area contributed by atoms with Gasteiger partial charge in [0.05, 0.1) is 25.4 Å². The second-order valence-electron chi connectivity index (χ2n) is 9.16. The number of carboxylic acid groups (broad SMARTS) is 1. The third kappa shape index (κ3) is 12.1. The second kappa shape index (κ2) is 14.4. The predicted octanol–water partition coefficient (Wildman–Crippen LogP) is 6.36. The van der Waals surface area contributed by atoms with Crippen LogP contribution in [0.25, 0.3) is 0 Å². The van der Waals surface area contributed by atoms with Crippen LogP contribution >= 0.6 is 0 Å². The number of epoxide rings is 2. The fourth-order valence-electron chi connectivity index (χ4n) is 4.58. The first-order valence-corrected chi connectivity index (χ1v) is 12.1. The molecule has 0 radical (unpaired) electrons. The van der Waals surface area contributed by atoms with Crippen molar-refractivity contribution in [3.05, 3.63) is 0 Å². The fourth-order valence-corrected chi connectivity index (χ4v) is 4.58. The van der Waals surface area contributed by atoms with Crippen LogP contribution in [0.4, 0.5) is 0 Å². The number of hydrogen-bond acceptors (Lipinski definition) is 3. The average Bonchev–Trinajstić information content (AvgIpc) is 3.57. The lowest BCUT2D eigenvalue weighted by atomic mass is 9.78. The van der Waals surface area contributed by atoms with Crippen LogP contribution in [-0.2, 0) is 14.3 Å². The van der Waals surface area contributed by atoms with Crippen molar-refractivity contribution in [2.45, 2.75) is 122 Å². The van der Waals surface area contributed by atoms with Gasteiger partial charge in [-0.05, 0) is 31.1 Å². The van der Waals surface area contributed by atoms with E-state index in [-0.39, 0.29) is 0 Å². The first-order chi connectivity index (χ1) is 13.7. The van der Waals surface area contributed by atoms with E-state index in [0.717, 1.165) is 37.9 Å². The van der Waals surface area contributed by atoms with E-state index in [1.165, 1.54) is 83.5 Å². The Labute approximate surface area is 172 Å². The number of carbonyl (C=O) groups is 1. The van der Waals surface area contributed by atoms with Crippen molar-refractivity contribution in [3.63, 3.8) is 0 Å². The molecule has 0 bridgehead atoms. The van der Waals surface area contributed by atoms with Crippen LogP contribution in [0.2, 0.25) is 0 Å². The first kappa shape index (κ1) is 23.7. The van der Waals surface area contributed by atoms with E-state index in [9.17, 15) is 4.79 Å². The van der Waals surface area contributed by atoms with Crippen molar-refractivity contribution in [1.82, 2.24) is 0 Å². The second-order valence-corrected chi connectivity index (χ2v) is 9.16. The van der Waals surface area contributed by atoms with Gasteiger partial charge in [-0.1, -0.05) is 84.0 Å². The van der Waals surface area contributed by atoms with Crippen molar-refractivity contribution in [2.75, 3.05) is 13.2 Å². The van der Waals surface area contributed by atoms with Crippen LogP contribution in [0.15, 0.2) is 0 Å². The van der Waals surface area contributed by atoms with E-state index in [0.29, 0.717) is 18.6 Å². The summed E-state index contributed by atoms with van der Waals surface area (Å²) in [4.78, 5) is 10.5. The molecule has 0 aliphatic carbocycles. The zero-order chi connectivity index (χ0) is 20.0. The minimum absolute atomic E-state index is 0.331. The molecule has 4 nitrogen and oxygen atoms in total. The molecule has 0 aromatic carbocycles. The normalized spacial score (nSPS) is 22.8. The van der Waals surface area contributed by atoms with Crippen molar-refractivity contribution in [3.8, 4) is 0 Å². The van der Waals surface area contributed by atoms with Gasteiger partial charge in [0.15, 0.2) is 0 Å². The molecule has 1 N–H and O–H groups in total. The Bertz CT molecular complexity index is 403. The third-order valence-electron chi connectivity index (χ3n) is 6.50. The predicted molar refractivity (Wildman–Crippen MR) is 114 cm³/mol. The highest BCUT2D eigenvalue weighted by Crippen LogP contribution is 2.37. The van der Waals surface area contributed by atoms with E-state index >= 15 is 0 Å². The van der Waals surface area contributed by atoms with Crippen molar-refractivity contribution < 1.29 is 19.4 Å². The van der Waals surface area contributed by atoms with Crippen LogP contribution in [-0.4, -0.2) is 36.5 Å². The zero-order valence-corrected chi connectivity index (χ0v) is 18.2. The van der Waals surface area contributed by atoms with E-state index in [2.05, 4.69) is 6.92 Å². The van der Waals surface area contributed by atoms with Crippen LogP contribution < -0.4 is 0 Å². The van der Waals surface area contributed by atoms with Crippen LogP contribution in [0.5, 0.6) is 0 Å². The molecule has 4 atom stereocenters. The Morgan fingerprint density at radius 1 is 0.786 bits per heavy atom. The summed E-state index contributed by atoms with van der Waals surface area (Å²) in [6.45, 7) is 4.27. The molecule has 2 aliphatic rings. The Hall–Kier alpha value is -0.610. The summed E-state index contributed by atoms with van der Waals surface area (Å²) >= 11 is 0. The summed E-state index contributed by atoms with van der Waals surface area (Å²) in [7, 11) is 0. The number of ether oxygens (including phenoxy) is 2. The molecular formula is C24H44O4. The first-order valence-electron chi connectivity index (χ1n) is 12.1. The number of hydrogen-bond donors (Lipinski definition) is 1. The molecule has 4 unspecified atom stereocenters. The molecule has 2 rings (SSSR count). The van der Waals surface area contributed by atoms with Crippen LogP contribution in [0, 0.1) is 11.8 Å². The molecule has 2 aliphatic heterocycles. The molecule has 2 heterocycles. The highest BCUT2D eigenvalue weighted by Gasteiger charge is 2.34. The largest absolute Gasteiger partial charge is 0.481 e. The van der Waals surface area contributed by atoms with Gasteiger partial charge >= 0.3 is 5.97 Å². The molecule has 0 amide bonds. The third-order valence-corrected chi connectivity index (χ3v) is 6.50. The van der Waals surface area contributed by atoms with Gasteiger partial charge in [-0.15, -0.1) is 0 Å². The van der Waals surface area contributed by atoms with Crippen LogP contribution in [0.1, 0.15) is 110 Å². The summed E-state index contributed by atoms with van der Waals surface area (Å²) in [5, 5.41) is 8.65. The zero-order valence-electron chi connectivity index (χ0n) is 18.2. The van der Waals surface area contributed by atoms with Gasteiger partial charge in [-0.25, -0.2) is 0 Å². The Morgan fingerprint density at radius 3 is 1.64 bits per heavy atom. The molecule has 28 heavy (non-hydrogen) atoms. The Kier molecular flexibility index (Phi) is 12.2. The summed E-state index contributed by atoms with van der Waals surface area (Å²) in [5.41, 5.74) is 0. The lowest BCUT2D eigenvalue weighted by molar-refractivity contribution is -0.137. The van der Waals surface area contributed by atoms with Crippen molar-refractivity contribution >= 4 is 5.97 Å². The number of rotatable bonds is 20. The molecule has 2 saturated heterocycles. The Balaban J connectivity index is 1.57. The summed E-state index contributed by atoms with van der Waals surface area (Å²) in [6.07, 6.45) is 20.4. The molecule has 0 spiro atoms. The van der Waals surface area contributed by atoms with Gasteiger partial charge in [0.25, 0.3) is 0 Å². The molecule has 4 heteroatoms. The quantitative estimate of drug-likeness (QED) is 0.192. The summed E-state index contributed by atoms with van der Waals surface area (Å²) in [6, 6.07) is 0. The van der Waals surface area contributed by atoms with Gasteiger partial charge in [-0.2, -0.15) is 0 Å². The SMILES string of the molecule is CCCCCC(CC1CO1)C(CCCCCCCCCCC(=O)O)CC1CO1. The van der Waals surface area contributed by atoms with Gasteiger partial charge < -0.3 is 14.6 Å². The van der Waals surface area contributed by atoms with Gasteiger partial charge in [0.2, 0.25) is 0 Å². The lowest BCUT2D eigenvalue weighted by Crippen LogP contribution is -2.19. The summed E-state index contributed by atoms with van der Waals surface area (Å²) < 4.78 is 11.1. The minimum atomic E-state index is -0.660. The topological polar surface area (TPSA) is 62.4 Å². The number of carboxylic acids is 1. The molecule has 164 valence electrons. The summed E-state index contributed by atoms with van der Waals surface area (Å²) in [5.74, 6) is 0.995. The highest BCUT2D eigenvalue weighted by molar-refractivity contribution is 5.66. The number of aliphatic carboxylic acids is 1. The van der Waals surface area contributed by atoms with E-state index in [1.54, 1.807) is 0 Å². The molecular weight excluding hydrogens is 352 g/mol. The molecule has 2 fully saturated rings. The highest BCUT2D eigenvalue weighted by atomic mass is 16.6. The molecule has 0 saturated carbocycles. The van der Waals surface area contributed by atoms with E-state index in [1.807, 2.05) is 0 Å². The van der Waals surface area contributed by atoms with Crippen molar-refractivity contribution in [2.24, 2.45) is 11.8 Å². The fraction of sp³-hybridized carbons (Fsp3) is 0.958. The van der Waals surface area contributed by atoms with Gasteiger partial charge in [-0.3, -0.25) is 4.79 Å². The molecule has 0 aromatic rings. The average molecular weight is 397 g/mol. The Morgan fingerprint density at radius 2 is 1.21 bits per heavy atom. The van der Waals surface area contributed by atoms with Gasteiger partial charge in [0.1, 0.15) is 0 Å². The van der Waals surface area contributed by atoms with Crippen molar-refractivity contribution in [1.29, 1.82) is 0 Å². The van der Waals surface area contributed by atoms with Gasteiger partial charge in [0, 0.05) is 6.42 Å². The maximum absolute atomic E-state index is 10.5. The van der Waals surface area contributed by atoms with Crippen LogP contribution in [0.3, 0.4) is 0 Å². The maximum atomic E-state index is 10.5. The maximum Gasteiger partial charge on any atom is 0.303 e. The standard InChI is InChI=1S/C24H44O4/c1-2-3-10-13-20(16-22-18-27-22)21(17-23-19-28-23)14-11-8-6-4-5-7-9-12-15-24(25)26/h20-23H,2-19H2,1H3,(H,25,26). The monoisotopic (exact) mass is 396 g/mol. The van der Waals surface area contributed by atoms with E-state index < -0.39 is 5.97 Å². The smallest absolute Gasteiger partial charge is 0.303 e.